The van der Waals surface area contributed by atoms with Crippen molar-refractivity contribution in [3.8, 4) is 5.88 Å². The number of aryl methyl sites for hydroxylation is 1. The number of aromatic nitrogens is 2. The average Bonchev–Trinajstić information content (AvgIpc) is 2.36. The van der Waals surface area contributed by atoms with Crippen molar-refractivity contribution in [3.05, 3.63) is 11.9 Å². The van der Waals surface area contributed by atoms with Gasteiger partial charge in [-0.05, 0) is 32.2 Å². The zero-order valence-electron chi connectivity index (χ0n) is 11.6. The van der Waals surface area contributed by atoms with Crippen LogP contribution in [0.25, 0.3) is 0 Å². The molecule has 1 aromatic heterocycles. The van der Waals surface area contributed by atoms with Gasteiger partial charge in [-0.3, -0.25) is 0 Å². The van der Waals surface area contributed by atoms with E-state index in [1.165, 1.54) is 12.8 Å². The largest absolute Gasteiger partial charge is 0.481 e. The average molecular weight is 252 g/mol. The summed E-state index contributed by atoms with van der Waals surface area (Å²) in [7, 11) is 1.61. The van der Waals surface area contributed by atoms with Gasteiger partial charge in [0, 0.05) is 12.6 Å². The van der Waals surface area contributed by atoms with Gasteiger partial charge in [-0.1, -0.05) is 13.3 Å². The van der Waals surface area contributed by atoms with Crippen molar-refractivity contribution in [2.75, 3.05) is 25.5 Å². The highest BCUT2D eigenvalue weighted by atomic mass is 16.5. The molecule has 1 rings (SSSR count). The Bertz CT molecular complexity index is 351. The van der Waals surface area contributed by atoms with E-state index in [2.05, 4.69) is 22.2 Å². The van der Waals surface area contributed by atoms with E-state index in [0.717, 1.165) is 25.3 Å². The second kappa shape index (κ2) is 7.87. The van der Waals surface area contributed by atoms with E-state index in [1.54, 1.807) is 7.11 Å². The maximum absolute atomic E-state index is 5.63. The molecule has 0 aromatic carbocycles. The van der Waals surface area contributed by atoms with Crippen LogP contribution in [0.2, 0.25) is 0 Å². The third-order valence-electron chi connectivity index (χ3n) is 2.87. The molecule has 0 aliphatic carbocycles. The third-order valence-corrected chi connectivity index (χ3v) is 2.87. The van der Waals surface area contributed by atoms with Crippen molar-refractivity contribution < 1.29 is 4.74 Å². The number of ether oxygens (including phenoxy) is 1. The van der Waals surface area contributed by atoms with E-state index in [-0.39, 0.29) is 0 Å². The molecule has 1 atom stereocenters. The van der Waals surface area contributed by atoms with Crippen LogP contribution in [0, 0.1) is 12.8 Å². The Hall–Kier alpha value is -1.36. The molecule has 5 nitrogen and oxygen atoms in total. The number of nitrogens with two attached hydrogens (primary N) is 1. The smallest absolute Gasteiger partial charge is 0.218 e. The minimum absolute atomic E-state index is 0.593. The summed E-state index contributed by atoms with van der Waals surface area (Å²) in [5, 5.41) is 3.34. The van der Waals surface area contributed by atoms with Gasteiger partial charge in [-0.25, -0.2) is 4.98 Å². The van der Waals surface area contributed by atoms with Gasteiger partial charge in [-0.15, -0.1) is 0 Å². The van der Waals surface area contributed by atoms with Crippen LogP contribution in [0.3, 0.4) is 0 Å². The maximum Gasteiger partial charge on any atom is 0.218 e. The number of methoxy groups -OCH3 is 1. The summed E-state index contributed by atoms with van der Waals surface area (Å²) in [6.07, 6.45) is 3.41. The molecule has 5 heteroatoms. The summed E-state index contributed by atoms with van der Waals surface area (Å²) >= 11 is 0. The molecular formula is C13H24N4O. The molecule has 0 fully saturated rings. The third kappa shape index (κ3) is 4.87. The van der Waals surface area contributed by atoms with Crippen molar-refractivity contribution in [3.63, 3.8) is 0 Å². The Kier molecular flexibility index (Phi) is 6.43. The molecule has 0 saturated carbocycles. The van der Waals surface area contributed by atoms with Crippen molar-refractivity contribution in [1.82, 2.24) is 9.97 Å². The van der Waals surface area contributed by atoms with Crippen LogP contribution >= 0.6 is 0 Å². The molecule has 1 aromatic rings. The summed E-state index contributed by atoms with van der Waals surface area (Å²) in [5.41, 5.74) is 5.63. The first-order valence-electron chi connectivity index (χ1n) is 6.53. The summed E-state index contributed by atoms with van der Waals surface area (Å²) in [6, 6.07) is 1.82. The molecule has 102 valence electrons. The summed E-state index contributed by atoms with van der Waals surface area (Å²) in [4.78, 5) is 8.50. The second-order valence-corrected chi connectivity index (χ2v) is 4.46. The second-order valence-electron chi connectivity index (χ2n) is 4.46. The van der Waals surface area contributed by atoms with Gasteiger partial charge in [0.1, 0.15) is 11.6 Å². The molecular weight excluding hydrogens is 228 g/mol. The van der Waals surface area contributed by atoms with Crippen LogP contribution < -0.4 is 15.8 Å². The van der Waals surface area contributed by atoms with E-state index < -0.39 is 0 Å². The van der Waals surface area contributed by atoms with Gasteiger partial charge in [-0.2, -0.15) is 4.98 Å². The van der Waals surface area contributed by atoms with E-state index in [9.17, 15) is 0 Å². The molecule has 0 bridgehead atoms. The molecule has 0 saturated heterocycles. The summed E-state index contributed by atoms with van der Waals surface area (Å²) < 4.78 is 5.13. The first-order chi connectivity index (χ1) is 8.69. The Morgan fingerprint density at radius 3 is 2.78 bits per heavy atom. The molecule has 3 N–H and O–H groups in total. The number of anilines is 1. The number of hydrogen-bond acceptors (Lipinski definition) is 5. The van der Waals surface area contributed by atoms with Crippen LogP contribution in [0.5, 0.6) is 5.88 Å². The van der Waals surface area contributed by atoms with Crippen LogP contribution in [-0.2, 0) is 0 Å². The maximum atomic E-state index is 5.63. The Morgan fingerprint density at radius 1 is 1.39 bits per heavy atom. The molecule has 0 aliphatic heterocycles. The lowest BCUT2D eigenvalue weighted by Crippen LogP contribution is -2.18. The Morgan fingerprint density at radius 2 is 2.17 bits per heavy atom. The first-order valence-corrected chi connectivity index (χ1v) is 6.53. The lowest BCUT2D eigenvalue weighted by Gasteiger charge is -2.16. The normalized spacial score (nSPS) is 12.2. The number of rotatable bonds is 8. The molecule has 1 heterocycles. The first kappa shape index (κ1) is 14.7. The van der Waals surface area contributed by atoms with Crippen LogP contribution in [0.15, 0.2) is 6.07 Å². The van der Waals surface area contributed by atoms with Crippen molar-refractivity contribution in [1.29, 1.82) is 0 Å². The van der Waals surface area contributed by atoms with Gasteiger partial charge in [0.2, 0.25) is 5.88 Å². The predicted octanol–water partition coefficient (Wildman–Crippen LogP) is 1.97. The Labute approximate surface area is 109 Å². The fourth-order valence-electron chi connectivity index (χ4n) is 1.98. The predicted molar refractivity (Wildman–Crippen MR) is 73.9 cm³/mol. The number of nitrogens with zero attached hydrogens (tertiary/aromatic N) is 2. The summed E-state index contributed by atoms with van der Waals surface area (Å²) in [6.45, 7) is 5.68. The van der Waals surface area contributed by atoms with E-state index in [0.29, 0.717) is 17.6 Å². The van der Waals surface area contributed by atoms with Gasteiger partial charge in [0.15, 0.2) is 0 Å². The van der Waals surface area contributed by atoms with Crippen molar-refractivity contribution in [2.45, 2.75) is 33.1 Å². The lowest BCUT2D eigenvalue weighted by molar-refractivity contribution is 0.395. The fraction of sp³-hybridized carbons (Fsp3) is 0.692. The highest BCUT2D eigenvalue weighted by Crippen LogP contribution is 2.15. The van der Waals surface area contributed by atoms with Gasteiger partial charge < -0.3 is 15.8 Å². The highest BCUT2D eigenvalue weighted by molar-refractivity contribution is 5.38. The van der Waals surface area contributed by atoms with Crippen molar-refractivity contribution in [2.24, 2.45) is 11.7 Å². The molecule has 0 aliphatic rings. The zero-order chi connectivity index (χ0) is 13.4. The standard InChI is InChI=1S/C13H24N4O/c1-4-5-11(6-7-14)9-15-12-8-13(18-3)17-10(2)16-12/h8,11H,4-7,9,14H2,1-3H3,(H,15,16,17). The number of hydrogen-bond donors (Lipinski definition) is 2. The van der Waals surface area contributed by atoms with Gasteiger partial charge in [0.25, 0.3) is 0 Å². The molecule has 0 spiro atoms. The topological polar surface area (TPSA) is 73.1 Å². The van der Waals surface area contributed by atoms with Crippen LogP contribution in [0.4, 0.5) is 5.82 Å². The lowest BCUT2D eigenvalue weighted by atomic mass is 10.00. The quantitative estimate of drug-likeness (QED) is 0.740. The fourth-order valence-corrected chi connectivity index (χ4v) is 1.98. The Balaban J connectivity index is 2.57. The van der Waals surface area contributed by atoms with E-state index >= 15 is 0 Å². The highest BCUT2D eigenvalue weighted by Gasteiger charge is 2.08. The minimum Gasteiger partial charge on any atom is -0.481 e. The molecule has 0 amide bonds. The minimum atomic E-state index is 0.593. The van der Waals surface area contributed by atoms with Gasteiger partial charge in [0.05, 0.1) is 7.11 Å². The number of nitrogens with one attached hydrogen (secondary N) is 1. The van der Waals surface area contributed by atoms with Crippen LogP contribution in [0.1, 0.15) is 32.0 Å². The monoisotopic (exact) mass is 252 g/mol. The molecule has 1 unspecified atom stereocenters. The van der Waals surface area contributed by atoms with Crippen LogP contribution in [-0.4, -0.2) is 30.2 Å². The van der Waals surface area contributed by atoms with E-state index in [1.807, 2.05) is 13.0 Å². The van der Waals surface area contributed by atoms with Gasteiger partial charge >= 0.3 is 0 Å². The zero-order valence-corrected chi connectivity index (χ0v) is 11.6. The van der Waals surface area contributed by atoms with Crippen molar-refractivity contribution >= 4 is 5.82 Å². The molecule has 0 radical (unpaired) electrons. The SMILES string of the molecule is CCCC(CCN)CNc1cc(OC)nc(C)n1. The van der Waals surface area contributed by atoms with E-state index in [4.69, 9.17) is 10.5 Å². The summed E-state index contributed by atoms with van der Waals surface area (Å²) in [5.74, 6) is 2.72. The molecule has 18 heavy (non-hydrogen) atoms.